The van der Waals surface area contributed by atoms with Gasteiger partial charge in [0.1, 0.15) is 0 Å². The molecule has 1 heterocycles. The number of benzene rings is 2. The molecule has 0 bridgehead atoms. The summed E-state index contributed by atoms with van der Waals surface area (Å²) < 4.78 is 5.66. The molecule has 112 valence electrons. The first-order valence-corrected chi connectivity index (χ1v) is 8.53. The van der Waals surface area contributed by atoms with Crippen molar-refractivity contribution in [2.45, 2.75) is 11.5 Å². The van der Waals surface area contributed by atoms with Gasteiger partial charge in [-0.3, -0.25) is 0 Å². The molecule has 0 N–H and O–H groups in total. The third kappa shape index (κ3) is 3.64. The van der Waals surface area contributed by atoms with Gasteiger partial charge in [-0.15, -0.1) is 22.0 Å². The molecule has 0 fully saturated rings. The largest absolute Gasteiger partial charge is 0.420 e. The van der Waals surface area contributed by atoms with E-state index in [9.17, 15) is 0 Å². The van der Waals surface area contributed by atoms with Crippen LogP contribution in [0.25, 0.3) is 11.5 Å². The predicted molar refractivity (Wildman–Crippen MR) is 91.2 cm³/mol. The zero-order valence-electron chi connectivity index (χ0n) is 11.5. The van der Waals surface area contributed by atoms with E-state index in [1.54, 1.807) is 11.8 Å². The lowest BCUT2D eigenvalue weighted by Crippen LogP contribution is -1.86. The molecule has 0 saturated carbocycles. The second-order valence-corrected chi connectivity index (χ2v) is 6.36. The lowest BCUT2D eigenvalue weighted by Gasteiger charge is -2.05. The van der Waals surface area contributed by atoms with Crippen LogP contribution < -0.4 is 0 Å². The van der Waals surface area contributed by atoms with Gasteiger partial charge in [-0.2, -0.15) is 0 Å². The van der Waals surface area contributed by atoms with E-state index in [4.69, 9.17) is 27.6 Å². The Bertz CT molecular complexity index is 742. The summed E-state index contributed by atoms with van der Waals surface area (Å²) in [4.78, 5) is 0. The molecule has 0 amide bonds. The maximum absolute atomic E-state index is 6.15. The summed E-state index contributed by atoms with van der Waals surface area (Å²) in [5, 5.41) is 9.48. The maximum Gasteiger partial charge on any atom is 0.247 e. The molecule has 0 unspecified atom stereocenters. The fraction of sp³-hybridized carbons (Fsp3) is 0.125. The minimum Gasteiger partial charge on any atom is -0.420 e. The van der Waals surface area contributed by atoms with E-state index >= 15 is 0 Å². The van der Waals surface area contributed by atoms with Crippen molar-refractivity contribution in [2.75, 3.05) is 0 Å². The quantitative estimate of drug-likeness (QED) is 0.610. The van der Waals surface area contributed by atoms with E-state index in [1.165, 1.54) is 0 Å². The lowest BCUT2D eigenvalue weighted by atomic mass is 10.2. The van der Waals surface area contributed by atoms with Crippen molar-refractivity contribution >= 4 is 35.0 Å². The summed E-state index contributed by atoms with van der Waals surface area (Å²) in [7, 11) is 0. The number of nitrogens with zero attached hydrogens (tertiary/aromatic N) is 2. The summed E-state index contributed by atoms with van der Waals surface area (Å²) in [5.41, 5.74) is 1.85. The van der Waals surface area contributed by atoms with Crippen molar-refractivity contribution < 1.29 is 4.42 Å². The van der Waals surface area contributed by atoms with Gasteiger partial charge in [0.05, 0.1) is 5.75 Å². The van der Waals surface area contributed by atoms with Gasteiger partial charge in [0.2, 0.25) is 11.8 Å². The van der Waals surface area contributed by atoms with E-state index < -0.39 is 0 Å². The number of hydrogen-bond acceptors (Lipinski definition) is 4. The summed E-state index contributed by atoms with van der Waals surface area (Å²) in [6.45, 7) is 0. The monoisotopic (exact) mass is 350 g/mol. The normalized spacial score (nSPS) is 10.8. The molecule has 3 aromatic rings. The third-order valence-electron chi connectivity index (χ3n) is 3.02. The van der Waals surface area contributed by atoms with E-state index in [2.05, 4.69) is 10.2 Å². The van der Waals surface area contributed by atoms with Crippen LogP contribution in [0.3, 0.4) is 0 Å². The zero-order chi connectivity index (χ0) is 15.4. The smallest absolute Gasteiger partial charge is 0.247 e. The van der Waals surface area contributed by atoms with Crippen molar-refractivity contribution in [1.29, 1.82) is 0 Å². The fourth-order valence-electron chi connectivity index (χ4n) is 1.92. The van der Waals surface area contributed by atoms with Crippen LogP contribution in [-0.2, 0) is 11.5 Å². The Morgan fingerprint density at radius 2 is 1.59 bits per heavy atom. The molecule has 0 radical (unpaired) electrons. The molecule has 0 aliphatic heterocycles. The van der Waals surface area contributed by atoms with Gasteiger partial charge in [0.15, 0.2) is 0 Å². The summed E-state index contributed by atoms with van der Waals surface area (Å²) in [5.74, 6) is 2.43. The maximum atomic E-state index is 6.15. The Hall–Kier alpha value is -1.49. The van der Waals surface area contributed by atoms with Gasteiger partial charge < -0.3 is 4.42 Å². The highest BCUT2D eigenvalue weighted by atomic mass is 35.5. The lowest BCUT2D eigenvalue weighted by molar-refractivity contribution is 0.528. The van der Waals surface area contributed by atoms with Crippen molar-refractivity contribution in [3.8, 4) is 11.5 Å². The van der Waals surface area contributed by atoms with Crippen LogP contribution in [0.2, 0.25) is 10.0 Å². The van der Waals surface area contributed by atoms with Gasteiger partial charge >= 0.3 is 0 Å². The minimum atomic E-state index is 0.534. The average molecular weight is 351 g/mol. The van der Waals surface area contributed by atoms with Crippen LogP contribution in [0, 0.1) is 0 Å². The molecular formula is C16H12Cl2N2OS. The molecule has 0 aliphatic rings. The standard InChI is InChI=1S/C16H12Cl2N2OS/c17-13-7-4-8-14(18)12(13)9-22-10-15-19-20-16(21-15)11-5-2-1-3-6-11/h1-8H,9-10H2. The number of rotatable bonds is 5. The van der Waals surface area contributed by atoms with E-state index in [1.807, 2.05) is 48.5 Å². The Balaban J connectivity index is 1.62. The second kappa shape index (κ2) is 7.18. The van der Waals surface area contributed by atoms with E-state index in [0.29, 0.717) is 33.3 Å². The van der Waals surface area contributed by atoms with Crippen LogP contribution in [0.15, 0.2) is 52.9 Å². The van der Waals surface area contributed by atoms with E-state index in [0.717, 1.165) is 11.1 Å². The third-order valence-corrected chi connectivity index (χ3v) is 4.67. The average Bonchev–Trinajstić information content (AvgIpc) is 3.00. The number of hydrogen-bond donors (Lipinski definition) is 0. The molecule has 3 rings (SSSR count). The van der Waals surface area contributed by atoms with Gasteiger partial charge in [0.25, 0.3) is 0 Å². The van der Waals surface area contributed by atoms with Crippen molar-refractivity contribution in [2.24, 2.45) is 0 Å². The fourth-order valence-corrected chi connectivity index (χ4v) is 3.52. The van der Waals surface area contributed by atoms with Gasteiger partial charge in [0, 0.05) is 21.4 Å². The summed E-state index contributed by atoms with van der Waals surface area (Å²) >= 11 is 13.9. The van der Waals surface area contributed by atoms with E-state index in [-0.39, 0.29) is 0 Å². The van der Waals surface area contributed by atoms with Crippen molar-refractivity contribution in [3.05, 3.63) is 70.0 Å². The number of aromatic nitrogens is 2. The summed E-state index contributed by atoms with van der Waals surface area (Å²) in [6.07, 6.45) is 0. The first kappa shape index (κ1) is 15.4. The second-order valence-electron chi connectivity index (χ2n) is 4.56. The van der Waals surface area contributed by atoms with Crippen molar-refractivity contribution in [1.82, 2.24) is 10.2 Å². The topological polar surface area (TPSA) is 38.9 Å². The van der Waals surface area contributed by atoms with Crippen LogP contribution in [0.4, 0.5) is 0 Å². The minimum absolute atomic E-state index is 0.534. The molecule has 0 saturated heterocycles. The van der Waals surface area contributed by atoms with Gasteiger partial charge in [-0.1, -0.05) is 47.5 Å². The SMILES string of the molecule is Clc1cccc(Cl)c1CSCc1nnc(-c2ccccc2)o1. The first-order valence-electron chi connectivity index (χ1n) is 6.62. The molecular weight excluding hydrogens is 339 g/mol. The zero-order valence-corrected chi connectivity index (χ0v) is 13.8. The molecule has 22 heavy (non-hydrogen) atoms. The molecule has 2 aromatic carbocycles. The van der Waals surface area contributed by atoms with Crippen molar-refractivity contribution in [3.63, 3.8) is 0 Å². The molecule has 1 aromatic heterocycles. The highest BCUT2D eigenvalue weighted by Crippen LogP contribution is 2.29. The first-order chi connectivity index (χ1) is 10.7. The number of halogens is 2. The molecule has 0 aliphatic carbocycles. The van der Waals surface area contributed by atoms with Crippen LogP contribution in [0.5, 0.6) is 0 Å². The Morgan fingerprint density at radius 3 is 2.32 bits per heavy atom. The Kier molecular flexibility index (Phi) is 5.03. The molecule has 6 heteroatoms. The van der Waals surface area contributed by atoms with Gasteiger partial charge in [-0.25, -0.2) is 0 Å². The summed E-state index contributed by atoms with van der Waals surface area (Å²) in [6, 6.07) is 15.2. The predicted octanol–water partition coefficient (Wildman–Crippen LogP) is 5.48. The highest BCUT2D eigenvalue weighted by molar-refractivity contribution is 7.97. The molecule has 0 atom stereocenters. The van der Waals surface area contributed by atoms with Crippen LogP contribution in [0.1, 0.15) is 11.5 Å². The Labute approximate surface area is 142 Å². The Morgan fingerprint density at radius 1 is 0.864 bits per heavy atom. The molecule has 0 spiro atoms. The molecule has 3 nitrogen and oxygen atoms in total. The number of thioether (sulfide) groups is 1. The highest BCUT2D eigenvalue weighted by Gasteiger charge is 2.10. The van der Waals surface area contributed by atoms with Crippen LogP contribution >= 0.6 is 35.0 Å². The van der Waals surface area contributed by atoms with Crippen LogP contribution in [-0.4, -0.2) is 10.2 Å². The van der Waals surface area contributed by atoms with Gasteiger partial charge in [-0.05, 0) is 29.8 Å².